The largest absolute Gasteiger partial charge is 0.288 e. The molecule has 1 aromatic heterocycles. The van der Waals surface area contributed by atoms with Gasteiger partial charge in [-0.3, -0.25) is 9.89 Å². The number of halogens is 1. The van der Waals surface area contributed by atoms with Crippen LogP contribution < -0.4 is 5.43 Å². The first kappa shape index (κ1) is 11.9. The van der Waals surface area contributed by atoms with Gasteiger partial charge in [0.1, 0.15) is 11.5 Å². The van der Waals surface area contributed by atoms with Gasteiger partial charge in [0.05, 0.1) is 5.03 Å². The number of benzene rings is 1. The van der Waals surface area contributed by atoms with Crippen LogP contribution in [0.15, 0.2) is 40.2 Å². The van der Waals surface area contributed by atoms with Crippen molar-refractivity contribution in [3.63, 3.8) is 0 Å². The maximum absolute atomic E-state index is 12.7. The third-order valence-electron chi connectivity index (χ3n) is 2.26. The summed E-state index contributed by atoms with van der Waals surface area (Å²) in [5.41, 5.74) is 1.37. The summed E-state index contributed by atoms with van der Waals surface area (Å²) < 4.78 is 12.7. The zero-order valence-electron chi connectivity index (χ0n) is 9.24. The second-order valence-corrected chi connectivity index (χ2v) is 4.61. The van der Waals surface area contributed by atoms with Crippen molar-refractivity contribution < 1.29 is 4.39 Å². The van der Waals surface area contributed by atoms with Crippen LogP contribution in [0.4, 0.5) is 4.39 Å². The minimum absolute atomic E-state index is 0.0784. The average molecular weight is 250 g/mol. The van der Waals surface area contributed by atoms with Crippen molar-refractivity contribution in [1.29, 1.82) is 0 Å². The summed E-state index contributed by atoms with van der Waals surface area (Å²) in [7, 11) is 0. The number of hydrogen-bond acceptors (Lipinski definition) is 3. The number of thioether (sulfide) groups is 1. The molecule has 0 spiro atoms. The molecule has 17 heavy (non-hydrogen) atoms. The van der Waals surface area contributed by atoms with Crippen LogP contribution in [0.2, 0.25) is 0 Å². The molecular formula is C12H11FN2OS. The van der Waals surface area contributed by atoms with Crippen molar-refractivity contribution >= 4 is 11.8 Å². The van der Waals surface area contributed by atoms with E-state index in [4.69, 9.17) is 0 Å². The molecule has 0 aliphatic rings. The van der Waals surface area contributed by atoms with Gasteiger partial charge in [0.25, 0.3) is 0 Å². The minimum Gasteiger partial charge on any atom is -0.288 e. The van der Waals surface area contributed by atoms with Gasteiger partial charge in [0.15, 0.2) is 0 Å². The molecular weight excluding hydrogens is 239 g/mol. The summed E-state index contributed by atoms with van der Waals surface area (Å²) in [4.78, 5) is 11.4. The normalized spacial score (nSPS) is 10.5. The Balaban J connectivity index is 2.04. The summed E-state index contributed by atoms with van der Waals surface area (Å²) in [6.45, 7) is 1.66. The van der Waals surface area contributed by atoms with Gasteiger partial charge in [0, 0.05) is 11.8 Å². The average Bonchev–Trinajstić information content (AvgIpc) is 2.33. The molecule has 0 fully saturated rings. The standard InChI is InChI=1S/C12H11FN2OS/c1-8-11(16)6-12(15-14-8)17-7-9-2-4-10(13)5-3-9/h2-6H,7H2,1H3,(H,15,16). The molecule has 0 atom stereocenters. The molecule has 0 aliphatic heterocycles. The highest BCUT2D eigenvalue weighted by Crippen LogP contribution is 2.19. The Morgan fingerprint density at radius 2 is 2.06 bits per heavy atom. The Kier molecular flexibility index (Phi) is 3.58. The molecule has 1 heterocycles. The van der Waals surface area contributed by atoms with Crippen LogP contribution in [-0.4, -0.2) is 10.2 Å². The Bertz CT molecular complexity index is 565. The highest BCUT2D eigenvalue weighted by molar-refractivity contribution is 7.98. The SMILES string of the molecule is Cc1n[nH]c(SCc2ccc(F)cc2)cc1=O. The lowest BCUT2D eigenvalue weighted by molar-refractivity contribution is 0.627. The van der Waals surface area contributed by atoms with E-state index in [0.29, 0.717) is 16.5 Å². The Morgan fingerprint density at radius 3 is 2.71 bits per heavy atom. The van der Waals surface area contributed by atoms with E-state index in [2.05, 4.69) is 10.2 Å². The lowest BCUT2D eigenvalue weighted by Gasteiger charge is -2.01. The second-order valence-electron chi connectivity index (χ2n) is 3.60. The smallest absolute Gasteiger partial charge is 0.204 e. The zero-order chi connectivity index (χ0) is 12.3. The van der Waals surface area contributed by atoms with Crippen molar-refractivity contribution in [1.82, 2.24) is 10.2 Å². The van der Waals surface area contributed by atoms with E-state index in [0.717, 1.165) is 5.56 Å². The van der Waals surface area contributed by atoms with E-state index < -0.39 is 0 Å². The van der Waals surface area contributed by atoms with E-state index >= 15 is 0 Å². The molecule has 0 radical (unpaired) electrons. The van der Waals surface area contributed by atoms with Crippen molar-refractivity contribution in [2.24, 2.45) is 0 Å². The number of nitrogens with zero attached hydrogens (tertiary/aromatic N) is 1. The van der Waals surface area contributed by atoms with Crippen molar-refractivity contribution in [2.75, 3.05) is 0 Å². The van der Waals surface area contributed by atoms with Gasteiger partial charge in [-0.05, 0) is 24.6 Å². The topological polar surface area (TPSA) is 45.8 Å². The van der Waals surface area contributed by atoms with Crippen molar-refractivity contribution in [3.8, 4) is 0 Å². The monoisotopic (exact) mass is 250 g/mol. The number of hydrogen-bond donors (Lipinski definition) is 1. The quantitative estimate of drug-likeness (QED) is 0.851. The molecule has 3 nitrogen and oxygen atoms in total. The first-order valence-corrected chi connectivity index (χ1v) is 6.07. The molecule has 0 unspecified atom stereocenters. The van der Waals surface area contributed by atoms with Crippen LogP contribution in [0, 0.1) is 12.7 Å². The predicted molar refractivity (Wildman–Crippen MR) is 65.6 cm³/mol. The summed E-state index contributed by atoms with van der Waals surface area (Å²) in [6.07, 6.45) is 0. The van der Waals surface area contributed by atoms with Gasteiger partial charge in [-0.2, -0.15) is 5.10 Å². The number of nitrogens with one attached hydrogen (secondary N) is 1. The molecule has 1 aromatic carbocycles. The van der Waals surface area contributed by atoms with Crippen LogP contribution in [-0.2, 0) is 5.75 Å². The third-order valence-corrected chi connectivity index (χ3v) is 3.26. The number of aromatic amines is 1. The molecule has 0 bridgehead atoms. The molecule has 0 amide bonds. The number of H-pyrrole nitrogens is 1. The van der Waals surface area contributed by atoms with Crippen molar-refractivity contribution in [3.05, 3.63) is 57.6 Å². The maximum atomic E-state index is 12.7. The molecule has 0 saturated carbocycles. The molecule has 2 rings (SSSR count). The summed E-state index contributed by atoms with van der Waals surface area (Å²) in [6, 6.07) is 7.82. The number of rotatable bonds is 3. The lowest BCUT2D eigenvalue weighted by Crippen LogP contribution is -2.08. The van der Waals surface area contributed by atoms with E-state index in [1.54, 1.807) is 19.1 Å². The van der Waals surface area contributed by atoms with Gasteiger partial charge >= 0.3 is 0 Å². The molecule has 5 heteroatoms. The van der Waals surface area contributed by atoms with Crippen LogP contribution in [0.1, 0.15) is 11.3 Å². The zero-order valence-corrected chi connectivity index (χ0v) is 10.1. The highest BCUT2D eigenvalue weighted by atomic mass is 32.2. The lowest BCUT2D eigenvalue weighted by atomic mass is 10.2. The van der Waals surface area contributed by atoms with Crippen molar-refractivity contribution in [2.45, 2.75) is 17.7 Å². The van der Waals surface area contributed by atoms with E-state index in [-0.39, 0.29) is 11.2 Å². The Labute approximate surface area is 102 Å². The minimum atomic E-state index is -0.246. The van der Waals surface area contributed by atoms with Crippen LogP contribution in [0.3, 0.4) is 0 Å². The van der Waals surface area contributed by atoms with Gasteiger partial charge < -0.3 is 0 Å². The molecule has 0 aliphatic carbocycles. The van der Waals surface area contributed by atoms with Crippen LogP contribution >= 0.6 is 11.8 Å². The second kappa shape index (κ2) is 5.14. The first-order valence-electron chi connectivity index (χ1n) is 5.09. The van der Waals surface area contributed by atoms with Gasteiger partial charge in [-0.1, -0.05) is 12.1 Å². The molecule has 88 valence electrons. The van der Waals surface area contributed by atoms with Gasteiger partial charge in [-0.15, -0.1) is 11.8 Å². The molecule has 0 saturated heterocycles. The van der Waals surface area contributed by atoms with E-state index in [1.807, 2.05) is 0 Å². The van der Waals surface area contributed by atoms with Gasteiger partial charge in [-0.25, -0.2) is 4.39 Å². The summed E-state index contributed by atoms with van der Waals surface area (Å²) in [5, 5.41) is 7.40. The van der Waals surface area contributed by atoms with E-state index in [9.17, 15) is 9.18 Å². The van der Waals surface area contributed by atoms with Gasteiger partial charge in [0.2, 0.25) is 5.43 Å². The Hall–Kier alpha value is -1.62. The summed E-state index contributed by atoms with van der Waals surface area (Å²) in [5.74, 6) is 0.421. The number of aryl methyl sites for hydroxylation is 1. The molecule has 1 N–H and O–H groups in total. The highest BCUT2D eigenvalue weighted by Gasteiger charge is 2.00. The maximum Gasteiger partial charge on any atom is 0.204 e. The Morgan fingerprint density at radius 1 is 1.35 bits per heavy atom. The fourth-order valence-electron chi connectivity index (χ4n) is 1.27. The van der Waals surface area contributed by atoms with E-state index in [1.165, 1.54) is 30.0 Å². The fraction of sp³-hybridized carbons (Fsp3) is 0.167. The summed E-state index contributed by atoms with van der Waals surface area (Å²) >= 11 is 1.46. The predicted octanol–water partition coefficient (Wildman–Crippen LogP) is 2.51. The van der Waals surface area contributed by atoms with Crippen LogP contribution in [0.5, 0.6) is 0 Å². The third kappa shape index (κ3) is 3.17. The molecule has 2 aromatic rings. The number of aromatic nitrogens is 2. The fourth-order valence-corrected chi connectivity index (χ4v) is 2.08. The first-order chi connectivity index (χ1) is 8.15. The van der Waals surface area contributed by atoms with Crippen LogP contribution in [0.25, 0.3) is 0 Å².